The summed E-state index contributed by atoms with van der Waals surface area (Å²) in [6.07, 6.45) is 0.197. The van der Waals surface area contributed by atoms with E-state index in [1.807, 2.05) is 38.1 Å². The summed E-state index contributed by atoms with van der Waals surface area (Å²) in [5.74, 6) is 1.31. The molecule has 1 unspecified atom stereocenters. The van der Waals surface area contributed by atoms with Crippen molar-refractivity contribution in [2.45, 2.75) is 31.3 Å². The highest BCUT2D eigenvalue weighted by Crippen LogP contribution is 2.38. The van der Waals surface area contributed by atoms with Gasteiger partial charge in [0.25, 0.3) is 5.56 Å². The minimum Gasteiger partial charge on any atom is -0.494 e. The van der Waals surface area contributed by atoms with Crippen LogP contribution in [0, 0.1) is 0 Å². The summed E-state index contributed by atoms with van der Waals surface area (Å²) < 4.78 is 5.67. The number of nitrogens with one attached hydrogen (secondary N) is 2. The molecule has 0 spiro atoms. The number of hydrogen-bond acceptors (Lipinski definition) is 5. The highest BCUT2D eigenvalue weighted by atomic mass is 32.2. The first-order valence-corrected chi connectivity index (χ1v) is 8.91. The Morgan fingerprint density at radius 3 is 2.83 bits per heavy atom. The van der Waals surface area contributed by atoms with Gasteiger partial charge in [-0.2, -0.15) is 0 Å². The molecule has 24 heavy (non-hydrogen) atoms. The molecular formula is C17H19N3O3S. The van der Waals surface area contributed by atoms with Gasteiger partial charge in [-0.05, 0) is 18.7 Å². The first-order chi connectivity index (χ1) is 11.6. The molecular weight excluding hydrogens is 326 g/mol. The average molecular weight is 345 g/mol. The van der Waals surface area contributed by atoms with E-state index in [1.54, 1.807) is 0 Å². The number of thioether (sulfide) groups is 1. The van der Waals surface area contributed by atoms with E-state index in [1.165, 1.54) is 11.8 Å². The third kappa shape index (κ3) is 3.17. The highest BCUT2D eigenvalue weighted by molar-refractivity contribution is 7.99. The third-order valence-electron chi connectivity index (χ3n) is 3.80. The summed E-state index contributed by atoms with van der Waals surface area (Å²) >= 11 is 1.43. The van der Waals surface area contributed by atoms with Crippen molar-refractivity contribution in [3.8, 4) is 5.75 Å². The lowest BCUT2D eigenvalue weighted by Gasteiger charge is -2.25. The van der Waals surface area contributed by atoms with E-state index < -0.39 is 0 Å². The largest absolute Gasteiger partial charge is 0.494 e. The van der Waals surface area contributed by atoms with Crippen molar-refractivity contribution in [1.29, 1.82) is 0 Å². The lowest BCUT2D eigenvalue weighted by Crippen LogP contribution is -2.31. The van der Waals surface area contributed by atoms with E-state index in [2.05, 4.69) is 15.3 Å². The predicted octanol–water partition coefficient (Wildman–Crippen LogP) is 2.75. The summed E-state index contributed by atoms with van der Waals surface area (Å²) in [6.45, 7) is 4.40. The Balaban J connectivity index is 2.13. The monoisotopic (exact) mass is 345 g/mol. The number of anilines is 1. The summed E-state index contributed by atoms with van der Waals surface area (Å²) in [5.41, 5.74) is 1.10. The first kappa shape index (κ1) is 16.6. The highest BCUT2D eigenvalue weighted by Gasteiger charge is 2.32. The van der Waals surface area contributed by atoms with Crippen molar-refractivity contribution in [2.24, 2.45) is 0 Å². The van der Waals surface area contributed by atoms with Gasteiger partial charge in [0, 0.05) is 17.9 Å². The van der Waals surface area contributed by atoms with Gasteiger partial charge >= 0.3 is 0 Å². The Kier molecular flexibility index (Phi) is 4.89. The number of carbonyl (C=O) groups excluding carboxylic acids is 1. The number of aromatic nitrogens is 2. The van der Waals surface area contributed by atoms with Gasteiger partial charge < -0.3 is 15.0 Å². The molecule has 2 heterocycles. The zero-order valence-corrected chi connectivity index (χ0v) is 14.4. The van der Waals surface area contributed by atoms with Crippen LogP contribution in [-0.4, -0.2) is 28.2 Å². The van der Waals surface area contributed by atoms with E-state index in [-0.39, 0.29) is 23.8 Å². The van der Waals surface area contributed by atoms with Gasteiger partial charge in [-0.15, -0.1) is 0 Å². The lowest BCUT2D eigenvalue weighted by atomic mass is 9.86. The number of hydrogen-bond donors (Lipinski definition) is 2. The van der Waals surface area contributed by atoms with Crippen LogP contribution >= 0.6 is 11.8 Å². The SMILES string of the molecule is CCOc1ccccc1C1CC(=O)Nc2nc(SCC)[nH]c(=O)c21. The molecule has 6 nitrogen and oxygen atoms in total. The van der Waals surface area contributed by atoms with Gasteiger partial charge in [0.1, 0.15) is 11.6 Å². The molecule has 0 bridgehead atoms. The van der Waals surface area contributed by atoms with Gasteiger partial charge in [-0.3, -0.25) is 9.59 Å². The molecule has 0 aliphatic carbocycles. The Morgan fingerprint density at radius 1 is 1.29 bits per heavy atom. The van der Waals surface area contributed by atoms with Crippen molar-refractivity contribution >= 4 is 23.5 Å². The fourth-order valence-electron chi connectivity index (χ4n) is 2.88. The molecule has 1 amide bonds. The molecule has 1 aromatic carbocycles. The molecule has 1 aromatic heterocycles. The van der Waals surface area contributed by atoms with E-state index in [9.17, 15) is 9.59 Å². The molecule has 2 N–H and O–H groups in total. The number of amides is 1. The van der Waals surface area contributed by atoms with Crippen molar-refractivity contribution in [3.63, 3.8) is 0 Å². The maximum Gasteiger partial charge on any atom is 0.257 e. The molecule has 3 rings (SSSR count). The number of rotatable bonds is 5. The minimum atomic E-state index is -0.367. The number of ether oxygens (including phenoxy) is 1. The van der Waals surface area contributed by atoms with Crippen LogP contribution in [0.5, 0.6) is 5.75 Å². The number of aromatic amines is 1. The van der Waals surface area contributed by atoms with Gasteiger partial charge in [0.15, 0.2) is 5.16 Å². The molecule has 2 aromatic rings. The second kappa shape index (κ2) is 7.09. The average Bonchev–Trinajstić information content (AvgIpc) is 2.55. The topological polar surface area (TPSA) is 84.1 Å². The van der Waals surface area contributed by atoms with Crippen molar-refractivity contribution in [1.82, 2.24) is 9.97 Å². The van der Waals surface area contributed by atoms with Crippen LogP contribution in [-0.2, 0) is 4.79 Å². The summed E-state index contributed by atoms with van der Waals surface area (Å²) in [6, 6.07) is 7.51. The van der Waals surface area contributed by atoms with Crippen LogP contribution in [0.25, 0.3) is 0 Å². The van der Waals surface area contributed by atoms with Gasteiger partial charge in [-0.1, -0.05) is 36.9 Å². The Labute approximate surface area is 144 Å². The predicted molar refractivity (Wildman–Crippen MR) is 94.0 cm³/mol. The number of benzene rings is 1. The summed E-state index contributed by atoms with van der Waals surface area (Å²) in [7, 11) is 0. The van der Waals surface area contributed by atoms with Gasteiger partial charge in [0.2, 0.25) is 5.91 Å². The standard InChI is InChI=1S/C17H19N3O3S/c1-3-23-12-8-6-5-7-10(12)11-9-13(21)18-15-14(11)16(22)20-17(19-15)24-4-2/h5-8,11H,3-4,9H2,1-2H3,(H2,18,19,20,21,22). The lowest BCUT2D eigenvalue weighted by molar-refractivity contribution is -0.116. The molecule has 0 radical (unpaired) electrons. The maximum atomic E-state index is 12.6. The second-order valence-corrected chi connectivity index (χ2v) is 6.59. The van der Waals surface area contributed by atoms with Gasteiger partial charge in [-0.25, -0.2) is 4.98 Å². The second-order valence-electron chi connectivity index (χ2n) is 5.34. The molecule has 126 valence electrons. The van der Waals surface area contributed by atoms with Crippen LogP contribution in [0.15, 0.2) is 34.2 Å². The number of carbonyl (C=O) groups is 1. The number of H-pyrrole nitrogens is 1. The first-order valence-electron chi connectivity index (χ1n) is 7.92. The number of para-hydroxylation sites is 1. The van der Waals surface area contributed by atoms with Crippen LogP contribution in [0.4, 0.5) is 5.82 Å². The smallest absolute Gasteiger partial charge is 0.257 e. The van der Waals surface area contributed by atoms with Crippen molar-refractivity contribution in [3.05, 3.63) is 45.7 Å². The third-order valence-corrected chi connectivity index (χ3v) is 4.56. The molecule has 1 aliphatic rings. The zero-order valence-electron chi connectivity index (χ0n) is 13.6. The molecule has 7 heteroatoms. The zero-order chi connectivity index (χ0) is 17.1. The van der Waals surface area contributed by atoms with Crippen LogP contribution in [0.1, 0.15) is 37.3 Å². The van der Waals surface area contributed by atoms with E-state index in [0.29, 0.717) is 28.9 Å². The molecule has 0 saturated heterocycles. The van der Waals surface area contributed by atoms with Crippen molar-refractivity contribution in [2.75, 3.05) is 17.7 Å². The minimum absolute atomic E-state index is 0.149. The van der Waals surface area contributed by atoms with E-state index in [4.69, 9.17) is 4.74 Å². The number of fused-ring (bicyclic) bond motifs is 1. The quantitative estimate of drug-likeness (QED) is 0.643. The fourth-order valence-corrected chi connectivity index (χ4v) is 3.47. The Bertz CT molecular complexity index is 819. The van der Waals surface area contributed by atoms with E-state index in [0.717, 1.165) is 11.3 Å². The molecule has 1 atom stereocenters. The molecule has 0 fully saturated rings. The molecule has 1 aliphatic heterocycles. The normalized spacial score (nSPS) is 16.4. The maximum absolute atomic E-state index is 12.6. The Morgan fingerprint density at radius 2 is 2.08 bits per heavy atom. The van der Waals surface area contributed by atoms with Gasteiger partial charge in [0.05, 0.1) is 12.2 Å². The number of nitrogens with zero attached hydrogens (tertiary/aromatic N) is 1. The summed E-state index contributed by atoms with van der Waals surface area (Å²) in [4.78, 5) is 32.0. The Hall–Kier alpha value is -2.28. The molecule has 0 saturated carbocycles. The van der Waals surface area contributed by atoms with E-state index >= 15 is 0 Å². The van der Waals surface area contributed by atoms with Crippen LogP contribution in [0.2, 0.25) is 0 Å². The van der Waals surface area contributed by atoms with Crippen LogP contribution in [0.3, 0.4) is 0 Å². The fraction of sp³-hybridized carbons (Fsp3) is 0.353. The van der Waals surface area contributed by atoms with Crippen molar-refractivity contribution < 1.29 is 9.53 Å². The van der Waals surface area contributed by atoms with Crippen LogP contribution < -0.4 is 15.6 Å². The summed E-state index contributed by atoms with van der Waals surface area (Å²) in [5, 5.41) is 3.24.